The average Bonchev–Trinajstić information content (AvgIpc) is 2.52. The molecule has 23 heavy (non-hydrogen) atoms. The van der Waals surface area contributed by atoms with Gasteiger partial charge < -0.3 is 19.7 Å². The highest BCUT2D eigenvalue weighted by molar-refractivity contribution is 5.71. The van der Waals surface area contributed by atoms with Crippen molar-refractivity contribution in [2.24, 2.45) is 11.8 Å². The van der Waals surface area contributed by atoms with Crippen molar-refractivity contribution in [3.05, 3.63) is 42.0 Å². The van der Waals surface area contributed by atoms with E-state index in [0.29, 0.717) is 13.2 Å². The second-order valence-corrected chi connectivity index (χ2v) is 5.51. The molecule has 0 aliphatic heterocycles. The van der Waals surface area contributed by atoms with E-state index in [1.54, 1.807) is 26.2 Å². The number of allylic oxidation sites excluding steroid dienone is 2. The smallest absolute Gasteiger partial charge is 0.309 e. The highest BCUT2D eigenvalue weighted by Gasteiger charge is 2.30. The van der Waals surface area contributed by atoms with Gasteiger partial charge in [-0.15, -0.1) is 0 Å². The molecule has 0 aromatic heterocycles. The number of aliphatic hydroxyl groups excluding tert-OH is 1. The van der Waals surface area contributed by atoms with Crippen LogP contribution in [0.2, 0.25) is 0 Å². The molecule has 5 nitrogen and oxygen atoms in total. The highest BCUT2D eigenvalue weighted by atomic mass is 16.5. The summed E-state index contributed by atoms with van der Waals surface area (Å²) >= 11 is 0. The monoisotopic (exact) mass is 322 g/mol. The zero-order valence-electron chi connectivity index (χ0n) is 13.9. The van der Waals surface area contributed by atoms with Gasteiger partial charge in [-0.2, -0.15) is 0 Å². The van der Waals surface area contributed by atoms with Gasteiger partial charge in [0.1, 0.15) is 5.75 Å². The highest BCUT2D eigenvalue weighted by Crippen LogP contribution is 2.20. The molecule has 128 valence electrons. The lowest BCUT2D eigenvalue weighted by molar-refractivity contribution is -0.147. The first kappa shape index (κ1) is 19.2. The molecule has 0 saturated heterocycles. The molecule has 0 bridgehead atoms. The van der Waals surface area contributed by atoms with Crippen LogP contribution in [0.4, 0.5) is 0 Å². The zero-order valence-corrected chi connectivity index (χ0v) is 13.9. The van der Waals surface area contributed by atoms with Crippen LogP contribution < -0.4 is 4.74 Å². The third kappa shape index (κ3) is 6.42. The average molecular weight is 322 g/mol. The largest absolute Gasteiger partial charge is 0.497 e. The minimum atomic E-state index is -0.988. The molecule has 0 radical (unpaired) electrons. The van der Waals surface area contributed by atoms with Gasteiger partial charge in [0, 0.05) is 6.61 Å². The van der Waals surface area contributed by atoms with E-state index in [4.69, 9.17) is 9.47 Å². The number of carboxylic acid groups (broad SMARTS) is 1. The number of aliphatic carboxylic acids is 1. The second-order valence-electron chi connectivity index (χ2n) is 5.51. The lowest BCUT2D eigenvalue weighted by atomic mass is 9.87. The van der Waals surface area contributed by atoms with Gasteiger partial charge in [0.2, 0.25) is 0 Å². The van der Waals surface area contributed by atoms with E-state index in [0.717, 1.165) is 11.3 Å². The van der Waals surface area contributed by atoms with Crippen molar-refractivity contribution in [1.82, 2.24) is 0 Å². The lowest BCUT2D eigenvalue weighted by Crippen LogP contribution is -2.33. The van der Waals surface area contributed by atoms with Crippen LogP contribution in [0.25, 0.3) is 0 Å². The molecule has 2 N–H and O–H groups in total. The SMILES string of the molecule is C/C=C/[C@@H](C)[C@@H](C(=O)O)[C@H](O)CCOCc1ccc(OC)cc1. The molecule has 0 fully saturated rings. The Morgan fingerprint density at radius 2 is 1.96 bits per heavy atom. The topological polar surface area (TPSA) is 76.0 Å². The van der Waals surface area contributed by atoms with Gasteiger partial charge in [0.05, 0.1) is 25.7 Å². The first-order chi connectivity index (χ1) is 11.0. The molecule has 0 saturated carbocycles. The summed E-state index contributed by atoms with van der Waals surface area (Å²) in [6.07, 6.45) is 2.94. The first-order valence-corrected chi connectivity index (χ1v) is 7.74. The summed E-state index contributed by atoms with van der Waals surface area (Å²) in [6, 6.07) is 7.52. The molecule has 1 aromatic carbocycles. The van der Waals surface area contributed by atoms with Crippen LogP contribution in [-0.2, 0) is 16.1 Å². The van der Waals surface area contributed by atoms with Gasteiger partial charge in [-0.3, -0.25) is 4.79 Å². The van der Waals surface area contributed by atoms with Gasteiger partial charge in [-0.1, -0.05) is 31.2 Å². The van der Waals surface area contributed by atoms with Gasteiger partial charge in [0.25, 0.3) is 0 Å². The Kier molecular flexibility index (Phi) is 8.37. The maximum Gasteiger partial charge on any atom is 0.309 e. The van der Waals surface area contributed by atoms with Crippen molar-refractivity contribution < 1.29 is 24.5 Å². The minimum absolute atomic E-state index is 0.228. The maximum atomic E-state index is 11.3. The summed E-state index contributed by atoms with van der Waals surface area (Å²) in [5, 5.41) is 19.4. The first-order valence-electron chi connectivity index (χ1n) is 7.74. The van der Waals surface area contributed by atoms with Crippen LogP contribution in [0.5, 0.6) is 5.75 Å². The number of carbonyl (C=O) groups is 1. The number of ether oxygens (including phenoxy) is 2. The Morgan fingerprint density at radius 1 is 1.30 bits per heavy atom. The number of methoxy groups -OCH3 is 1. The van der Waals surface area contributed by atoms with E-state index in [9.17, 15) is 15.0 Å². The van der Waals surface area contributed by atoms with E-state index in [-0.39, 0.29) is 12.3 Å². The fraction of sp³-hybridized carbons (Fsp3) is 0.500. The normalized spacial score (nSPS) is 15.3. The summed E-state index contributed by atoms with van der Waals surface area (Å²) < 4.78 is 10.6. The van der Waals surface area contributed by atoms with Gasteiger partial charge >= 0.3 is 5.97 Å². The number of benzene rings is 1. The Morgan fingerprint density at radius 3 is 2.48 bits per heavy atom. The Balaban J connectivity index is 2.41. The van der Waals surface area contributed by atoms with Gasteiger partial charge in [-0.05, 0) is 37.0 Å². The lowest BCUT2D eigenvalue weighted by Gasteiger charge is -2.23. The molecule has 0 aliphatic carbocycles. The van der Waals surface area contributed by atoms with Crippen molar-refractivity contribution in [2.75, 3.05) is 13.7 Å². The van der Waals surface area contributed by atoms with Crippen LogP contribution in [0.1, 0.15) is 25.8 Å². The van der Waals surface area contributed by atoms with E-state index in [2.05, 4.69) is 0 Å². The van der Waals surface area contributed by atoms with E-state index >= 15 is 0 Å². The number of carboxylic acids is 1. The molecule has 0 heterocycles. The summed E-state index contributed by atoms with van der Waals surface area (Å²) in [7, 11) is 1.61. The van der Waals surface area contributed by atoms with Crippen LogP contribution >= 0.6 is 0 Å². The van der Waals surface area contributed by atoms with Crippen molar-refractivity contribution >= 4 is 5.97 Å². The maximum absolute atomic E-state index is 11.3. The third-order valence-electron chi connectivity index (χ3n) is 3.75. The van der Waals surface area contributed by atoms with Gasteiger partial charge in [0.15, 0.2) is 0 Å². The summed E-state index contributed by atoms with van der Waals surface area (Å²) in [6.45, 7) is 4.35. The standard InChI is InChI=1S/C18H26O5/c1-4-5-13(2)17(18(20)21)16(19)10-11-23-12-14-6-8-15(22-3)9-7-14/h4-9,13,16-17,19H,10-12H2,1-3H3,(H,20,21)/b5-4+/t13-,16-,17-/m1/s1. The van der Waals surface area contributed by atoms with Crippen molar-refractivity contribution in [2.45, 2.75) is 33.0 Å². The molecular formula is C18H26O5. The summed E-state index contributed by atoms with van der Waals surface area (Å²) in [5.41, 5.74) is 0.998. The predicted octanol–water partition coefficient (Wildman–Crippen LogP) is 2.88. The molecule has 1 rings (SSSR count). The fourth-order valence-corrected chi connectivity index (χ4v) is 2.46. The van der Waals surface area contributed by atoms with Crippen LogP contribution in [0.15, 0.2) is 36.4 Å². The summed E-state index contributed by atoms with van der Waals surface area (Å²) in [4.78, 5) is 11.3. The number of hydrogen-bond acceptors (Lipinski definition) is 4. The Bertz CT molecular complexity index is 495. The molecular weight excluding hydrogens is 296 g/mol. The van der Waals surface area contributed by atoms with E-state index < -0.39 is 18.0 Å². The van der Waals surface area contributed by atoms with Crippen molar-refractivity contribution in [3.8, 4) is 5.75 Å². The second kappa shape index (κ2) is 10.0. The molecule has 1 aromatic rings. The fourth-order valence-electron chi connectivity index (χ4n) is 2.46. The zero-order chi connectivity index (χ0) is 17.2. The molecule has 0 amide bonds. The third-order valence-corrected chi connectivity index (χ3v) is 3.75. The Labute approximate surface area is 137 Å². The van der Waals surface area contributed by atoms with Crippen molar-refractivity contribution in [1.29, 1.82) is 0 Å². The minimum Gasteiger partial charge on any atom is -0.497 e. The Hall–Kier alpha value is -1.85. The predicted molar refractivity (Wildman–Crippen MR) is 88.4 cm³/mol. The van der Waals surface area contributed by atoms with E-state index in [1.165, 1.54) is 0 Å². The van der Waals surface area contributed by atoms with Crippen LogP contribution in [0.3, 0.4) is 0 Å². The van der Waals surface area contributed by atoms with Gasteiger partial charge in [-0.25, -0.2) is 0 Å². The van der Waals surface area contributed by atoms with Crippen molar-refractivity contribution in [3.63, 3.8) is 0 Å². The van der Waals surface area contributed by atoms with Crippen LogP contribution in [-0.4, -0.2) is 36.0 Å². The number of hydrogen-bond donors (Lipinski definition) is 2. The molecule has 5 heteroatoms. The molecule has 0 aliphatic rings. The van der Waals surface area contributed by atoms with E-state index in [1.807, 2.05) is 31.2 Å². The van der Waals surface area contributed by atoms with Crippen LogP contribution in [0, 0.1) is 11.8 Å². The quantitative estimate of drug-likeness (QED) is 0.512. The molecule has 3 atom stereocenters. The number of rotatable bonds is 10. The summed E-state index contributed by atoms with van der Waals surface area (Å²) in [5.74, 6) is -1.26. The number of aliphatic hydroxyl groups is 1. The molecule has 0 spiro atoms. The molecule has 0 unspecified atom stereocenters.